The van der Waals surface area contributed by atoms with Crippen LogP contribution in [0.15, 0.2) is 36.0 Å². The van der Waals surface area contributed by atoms with Crippen molar-refractivity contribution in [2.75, 3.05) is 5.32 Å². The van der Waals surface area contributed by atoms with Crippen molar-refractivity contribution >= 4 is 28.3 Å². The highest BCUT2D eigenvalue weighted by molar-refractivity contribution is 7.15. The minimum atomic E-state index is -0.821. The molecule has 0 radical (unpaired) electrons. The summed E-state index contributed by atoms with van der Waals surface area (Å²) in [6.45, 7) is 7.80. The minimum Gasteiger partial charge on any atom is -0.344 e. The van der Waals surface area contributed by atoms with Gasteiger partial charge in [-0.25, -0.2) is 13.8 Å². The molecule has 0 spiro atoms. The molecule has 5 nitrogen and oxygen atoms in total. The van der Waals surface area contributed by atoms with Crippen LogP contribution in [0.25, 0.3) is 0 Å². The third kappa shape index (κ3) is 7.67. The van der Waals surface area contributed by atoms with Crippen molar-refractivity contribution in [1.82, 2.24) is 10.3 Å². The van der Waals surface area contributed by atoms with Gasteiger partial charge in [-0.3, -0.25) is 9.59 Å². The number of nitrogens with zero attached hydrogens (tertiary/aromatic N) is 1. The molecule has 2 rings (SSSR count). The second kappa shape index (κ2) is 11.0. The van der Waals surface area contributed by atoms with Crippen LogP contribution in [0.1, 0.15) is 56.9 Å². The van der Waals surface area contributed by atoms with Crippen LogP contribution in [-0.2, 0) is 16.0 Å². The number of carbonyl (C=O) groups is 2. The highest BCUT2D eigenvalue weighted by atomic mass is 32.1. The van der Waals surface area contributed by atoms with Crippen LogP contribution < -0.4 is 10.6 Å². The lowest BCUT2D eigenvalue weighted by Crippen LogP contribution is -2.42. The Balaban J connectivity index is 1.86. The van der Waals surface area contributed by atoms with Crippen molar-refractivity contribution in [2.24, 2.45) is 0 Å². The van der Waals surface area contributed by atoms with E-state index >= 15 is 0 Å². The van der Waals surface area contributed by atoms with Crippen molar-refractivity contribution in [2.45, 2.75) is 58.9 Å². The summed E-state index contributed by atoms with van der Waals surface area (Å²) in [5, 5.41) is 5.70. The third-order valence-corrected chi connectivity index (χ3v) is 5.59. The first-order chi connectivity index (χ1) is 14.1. The van der Waals surface area contributed by atoms with Crippen LogP contribution in [0.3, 0.4) is 0 Å². The van der Waals surface area contributed by atoms with Gasteiger partial charge in [0.15, 0.2) is 5.13 Å². The summed E-state index contributed by atoms with van der Waals surface area (Å²) in [4.78, 5) is 29.8. The maximum atomic E-state index is 13.2. The number of carbonyl (C=O) groups excluding carboxylic acids is 2. The maximum Gasteiger partial charge on any atom is 0.248 e. The number of benzene rings is 1. The van der Waals surface area contributed by atoms with Crippen molar-refractivity contribution in [3.05, 3.63) is 58.1 Å². The number of allylic oxidation sites excluding steroid dienone is 2. The van der Waals surface area contributed by atoms with E-state index in [1.807, 2.05) is 0 Å². The summed E-state index contributed by atoms with van der Waals surface area (Å²) in [6, 6.07) is 2.09. The zero-order valence-corrected chi connectivity index (χ0v) is 18.4. The molecule has 0 aliphatic carbocycles. The molecule has 0 aliphatic rings. The minimum absolute atomic E-state index is 0.198. The van der Waals surface area contributed by atoms with Crippen molar-refractivity contribution in [1.29, 1.82) is 0 Å². The van der Waals surface area contributed by atoms with Gasteiger partial charge in [0.25, 0.3) is 0 Å². The van der Waals surface area contributed by atoms with E-state index in [1.54, 1.807) is 6.20 Å². The summed E-state index contributed by atoms with van der Waals surface area (Å²) in [6.07, 6.45) is 5.71. The smallest absolute Gasteiger partial charge is 0.248 e. The van der Waals surface area contributed by atoms with E-state index in [4.69, 9.17) is 0 Å². The lowest BCUT2D eigenvalue weighted by molar-refractivity contribution is -0.125. The average molecular weight is 436 g/mol. The topological polar surface area (TPSA) is 71.1 Å². The standard InChI is InChI=1S/C22H27F2N3O2S/c1-13(2)6-5-7-14(3)19-12-25-22(30-19)27-21(29)15(4)26-20(28)10-16-8-17(23)11-18(24)9-16/h6,8-9,11-12,14-15H,5,7,10H2,1-4H3,(H,26,28)(H,25,27,29). The van der Waals surface area contributed by atoms with Gasteiger partial charge in [-0.05, 0) is 57.2 Å². The molecule has 162 valence electrons. The monoisotopic (exact) mass is 435 g/mol. The molecule has 0 bridgehead atoms. The van der Waals surface area contributed by atoms with E-state index < -0.39 is 29.5 Å². The SMILES string of the molecule is CC(C)=CCCC(C)c1cnc(NC(=O)C(C)NC(=O)Cc2cc(F)cc(F)c2)s1. The molecule has 8 heteroatoms. The van der Waals surface area contributed by atoms with Gasteiger partial charge in [-0.2, -0.15) is 0 Å². The fourth-order valence-corrected chi connectivity index (χ4v) is 3.71. The molecule has 1 aromatic heterocycles. The molecule has 2 unspecified atom stereocenters. The fourth-order valence-electron chi connectivity index (χ4n) is 2.81. The van der Waals surface area contributed by atoms with E-state index in [2.05, 4.69) is 42.5 Å². The van der Waals surface area contributed by atoms with E-state index in [0.717, 1.165) is 35.9 Å². The number of thiazole rings is 1. The summed E-state index contributed by atoms with van der Waals surface area (Å²) >= 11 is 1.41. The summed E-state index contributed by atoms with van der Waals surface area (Å²) in [7, 11) is 0. The van der Waals surface area contributed by atoms with Gasteiger partial charge in [-0.1, -0.05) is 18.6 Å². The normalized spacial score (nSPS) is 12.7. The Morgan fingerprint density at radius 3 is 2.47 bits per heavy atom. The molecular formula is C22H27F2N3O2S. The van der Waals surface area contributed by atoms with Crippen LogP contribution in [0.2, 0.25) is 0 Å². The van der Waals surface area contributed by atoms with Gasteiger partial charge >= 0.3 is 0 Å². The van der Waals surface area contributed by atoms with Crippen molar-refractivity contribution < 1.29 is 18.4 Å². The van der Waals surface area contributed by atoms with Crippen LogP contribution in [0.4, 0.5) is 13.9 Å². The largest absolute Gasteiger partial charge is 0.344 e. The van der Waals surface area contributed by atoms with Gasteiger partial charge in [0.2, 0.25) is 11.8 Å². The Kier molecular flexibility index (Phi) is 8.65. The van der Waals surface area contributed by atoms with E-state index in [0.29, 0.717) is 11.0 Å². The number of rotatable bonds is 9. The number of halogens is 2. The Morgan fingerprint density at radius 1 is 1.17 bits per heavy atom. The van der Waals surface area contributed by atoms with Gasteiger partial charge in [-0.15, -0.1) is 11.3 Å². The average Bonchev–Trinajstić information content (AvgIpc) is 3.08. The predicted octanol–water partition coefficient (Wildman–Crippen LogP) is 4.96. The van der Waals surface area contributed by atoms with Crippen molar-refractivity contribution in [3.63, 3.8) is 0 Å². The molecule has 2 atom stereocenters. The Hall–Kier alpha value is -2.61. The predicted molar refractivity (Wildman–Crippen MR) is 115 cm³/mol. The zero-order chi connectivity index (χ0) is 22.3. The summed E-state index contributed by atoms with van der Waals surface area (Å²) in [5.41, 5.74) is 1.49. The molecule has 2 amide bonds. The molecule has 0 saturated heterocycles. The highest BCUT2D eigenvalue weighted by Gasteiger charge is 2.18. The summed E-state index contributed by atoms with van der Waals surface area (Å²) in [5.74, 6) is -2.09. The lowest BCUT2D eigenvalue weighted by Gasteiger charge is -2.13. The Morgan fingerprint density at radius 2 is 1.83 bits per heavy atom. The molecule has 30 heavy (non-hydrogen) atoms. The molecule has 2 aromatic rings. The van der Waals surface area contributed by atoms with Gasteiger partial charge in [0.1, 0.15) is 17.7 Å². The molecule has 0 fully saturated rings. The number of nitrogens with one attached hydrogen (secondary N) is 2. The van der Waals surface area contributed by atoms with Crippen LogP contribution in [0.5, 0.6) is 0 Å². The first-order valence-corrected chi connectivity index (χ1v) is 10.6. The fraction of sp³-hybridized carbons (Fsp3) is 0.409. The third-order valence-electron chi connectivity index (χ3n) is 4.45. The zero-order valence-electron chi connectivity index (χ0n) is 17.6. The number of hydrogen-bond donors (Lipinski definition) is 2. The van der Waals surface area contributed by atoms with Gasteiger partial charge in [0.05, 0.1) is 6.42 Å². The molecule has 1 aromatic carbocycles. The molecule has 0 aliphatic heterocycles. The second-order valence-corrected chi connectivity index (χ2v) is 8.62. The summed E-state index contributed by atoms with van der Waals surface area (Å²) < 4.78 is 26.5. The van der Waals surface area contributed by atoms with E-state index in [-0.39, 0.29) is 12.0 Å². The Labute approximate surface area is 179 Å². The van der Waals surface area contributed by atoms with Crippen LogP contribution in [-0.4, -0.2) is 22.8 Å². The highest BCUT2D eigenvalue weighted by Crippen LogP contribution is 2.29. The molecule has 2 N–H and O–H groups in total. The van der Waals surface area contributed by atoms with Gasteiger partial charge in [0, 0.05) is 17.1 Å². The first kappa shape index (κ1) is 23.7. The van der Waals surface area contributed by atoms with E-state index in [9.17, 15) is 18.4 Å². The molecule has 0 saturated carbocycles. The quantitative estimate of drug-likeness (QED) is 0.547. The number of anilines is 1. The number of aromatic nitrogens is 1. The number of amides is 2. The maximum absolute atomic E-state index is 13.2. The first-order valence-electron chi connectivity index (χ1n) is 9.78. The van der Waals surface area contributed by atoms with Crippen LogP contribution >= 0.6 is 11.3 Å². The Bertz CT molecular complexity index is 903. The number of hydrogen-bond acceptors (Lipinski definition) is 4. The van der Waals surface area contributed by atoms with Crippen molar-refractivity contribution in [3.8, 4) is 0 Å². The van der Waals surface area contributed by atoms with Gasteiger partial charge < -0.3 is 10.6 Å². The second-order valence-electron chi connectivity index (χ2n) is 7.56. The lowest BCUT2D eigenvalue weighted by atomic mass is 10.0. The molecule has 1 heterocycles. The molecular weight excluding hydrogens is 408 g/mol. The van der Waals surface area contributed by atoms with Crippen LogP contribution in [0, 0.1) is 11.6 Å². The van der Waals surface area contributed by atoms with E-state index in [1.165, 1.54) is 23.8 Å².